The van der Waals surface area contributed by atoms with Gasteiger partial charge >= 0.3 is 0 Å². The average Bonchev–Trinajstić information content (AvgIpc) is 3.17. The van der Waals surface area contributed by atoms with Crippen LogP contribution in [0.5, 0.6) is 0 Å². The molecule has 116 valence electrons. The monoisotopic (exact) mass is 308 g/mol. The number of nitrogen functional groups attached to an aromatic ring is 1. The normalized spacial score (nSPS) is 22.3. The zero-order chi connectivity index (χ0) is 14.7. The lowest BCUT2D eigenvalue weighted by Gasteiger charge is -2.43. The number of thiazole rings is 1. The number of nitrogens with two attached hydrogens (primary N) is 1. The number of hydrogen-bond donors (Lipinski definition) is 2. The molecule has 1 saturated carbocycles. The average molecular weight is 308 g/mol. The Bertz CT molecular complexity index is 490. The first-order valence-electron chi connectivity index (χ1n) is 7.94. The van der Waals surface area contributed by atoms with Crippen molar-refractivity contribution in [1.82, 2.24) is 15.2 Å². The minimum Gasteiger partial charge on any atom is -0.375 e. The van der Waals surface area contributed by atoms with Gasteiger partial charge in [-0.05, 0) is 38.8 Å². The Labute approximate surface area is 129 Å². The van der Waals surface area contributed by atoms with E-state index >= 15 is 0 Å². The summed E-state index contributed by atoms with van der Waals surface area (Å²) in [5, 5.41) is 5.58. The van der Waals surface area contributed by atoms with Crippen LogP contribution in [0.2, 0.25) is 0 Å². The SMILES string of the molecule is Nc1nc(CNC(=O)C2(N3CCCC3)CCCCC2)cs1. The molecule has 0 unspecified atom stereocenters. The fourth-order valence-corrected chi connectivity index (χ4v) is 4.27. The second-order valence-electron chi connectivity index (χ2n) is 6.15. The van der Waals surface area contributed by atoms with Crippen molar-refractivity contribution in [3.63, 3.8) is 0 Å². The number of hydrogen-bond acceptors (Lipinski definition) is 5. The maximum absolute atomic E-state index is 12.9. The van der Waals surface area contributed by atoms with Crippen molar-refractivity contribution in [3.05, 3.63) is 11.1 Å². The van der Waals surface area contributed by atoms with Crippen LogP contribution in [0.1, 0.15) is 50.6 Å². The van der Waals surface area contributed by atoms with E-state index in [0.29, 0.717) is 11.7 Å². The van der Waals surface area contributed by atoms with Gasteiger partial charge in [0.1, 0.15) is 5.54 Å². The topological polar surface area (TPSA) is 71.2 Å². The number of rotatable bonds is 4. The molecule has 0 radical (unpaired) electrons. The Hall–Kier alpha value is -1.14. The number of carbonyl (C=O) groups is 1. The molecular weight excluding hydrogens is 284 g/mol. The van der Waals surface area contributed by atoms with E-state index in [1.165, 1.54) is 30.6 Å². The highest BCUT2D eigenvalue weighted by Crippen LogP contribution is 2.36. The summed E-state index contributed by atoms with van der Waals surface area (Å²) in [4.78, 5) is 19.5. The second kappa shape index (κ2) is 6.32. The quantitative estimate of drug-likeness (QED) is 0.894. The zero-order valence-electron chi connectivity index (χ0n) is 12.4. The summed E-state index contributed by atoms with van der Waals surface area (Å²) in [6.07, 6.45) is 8.01. The van der Waals surface area contributed by atoms with Gasteiger partial charge in [0.05, 0.1) is 12.2 Å². The van der Waals surface area contributed by atoms with Gasteiger partial charge in [0, 0.05) is 5.38 Å². The Morgan fingerprint density at radius 2 is 2.00 bits per heavy atom. The molecular formula is C15H24N4OS. The molecule has 21 heavy (non-hydrogen) atoms. The van der Waals surface area contributed by atoms with Crippen LogP contribution >= 0.6 is 11.3 Å². The molecule has 1 aliphatic carbocycles. The van der Waals surface area contributed by atoms with Gasteiger partial charge in [-0.2, -0.15) is 0 Å². The molecule has 5 nitrogen and oxygen atoms in total. The third kappa shape index (κ3) is 3.06. The van der Waals surface area contributed by atoms with Crippen LogP contribution in [-0.4, -0.2) is 34.4 Å². The van der Waals surface area contributed by atoms with Crippen LogP contribution in [0.4, 0.5) is 5.13 Å². The van der Waals surface area contributed by atoms with Gasteiger partial charge in [0.15, 0.2) is 5.13 Å². The summed E-state index contributed by atoms with van der Waals surface area (Å²) in [7, 11) is 0. The summed E-state index contributed by atoms with van der Waals surface area (Å²) < 4.78 is 0. The number of nitrogens with one attached hydrogen (secondary N) is 1. The molecule has 3 N–H and O–H groups in total. The summed E-state index contributed by atoms with van der Waals surface area (Å²) in [6, 6.07) is 0. The summed E-state index contributed by atoms with van der Waals surface area (Å²) >= 11 is 1.42. The van der Waals surface area contributed by atoms with Crippen molar-refractivity contribution < 1.29 is 4.79 Å². The molecule has 0 spiro atoms. The van der Waals surface area contributed by atoms with Crippen LogP contribution in [0.3, 0.4) is 0 Å². The molecule has 1 aromatic rings. The number of carbonyl (C=O) groups excluding carboxylic acids is 1. The third-order valence-electron chi connectivity index (χ3n) is 4.81. The van der Waals surface area contributed by atoms with Crippen molar-refractivity contribution in [2.75, 3.05) is 18.8 Å². The zero-order valence-corrected chi connectivity index (χ0v) is 13.3. The predicted molar refractivity (Wildman–Crippen MR) is 85.0 cm³/mol. The van der Waals surface area contributed by atoms with Gasteiger partial charge < -0.3 is 11.1 Å². The van der Waals surface area contributed by atoms with Crippen LogP contribution < -0.4 is 11.1 Å². The van der Waals surface area contributed by atoms with Crippen LogP contribution in [0, 0.1) is 0 Å². The minimum atomic E-state index is -0.268. The number of anilines is 1. The lowest BCUT2D eigenvalue weighted by Crippen LogP contribution is -2.58. The Morgan fingerprint density at radius 1 is 1.29 bits per heavy atom. The van der Waals surface area contributed by atoms with Crippen molar-refractivity contribution in [1.29, 1.82) is 0 Å². The highest BCUT2D eigenvalue weighted by molar-refractivity contribution is 7.13. The highest BCUT2D eigenvalue weighted by Gasteiger charge is 2.45. The van der Waals surface area contributed by atoms with Crippen molar-refractivity contribution in [2.24, 2.45) is 0 Å². The molecule has 1 amide bonds. The molecule has 0 aromatic carbocycles. The fourth-order valence-electron chi connectivity index (χ4n) is 3.71. The van der Waals surface area contributed by atoms with Gasteiger partial charge in [0.25, 0.3) is 0 Å². The van der Waals surface area contributed by atoms with Crippen LogP contribution in [-0.2, 0) is 11.3 Å². The molecule has 2 fully saturated rings. The first-order valence-corrected chi connectivity index (χ1v) is 8.82. The lowest BCUT2D eigenvalue weighted by atomic mass is 9.79. The second-order valence-corrected chi connectivity index (χ2v) is 7.04. The first kappa shape index (κ1) is 14.8. The molecule has 3 rings (SSSR count). The first-order chi connectivity index (χ1) is 10.2. The molecule has 2 aliphatic rings. The summed E-state index contributed by atoms with van der Waals surface area (Å²) in [5.41, 5.74) is 6.23. The van der Waals surface area contributed by atoms with E-state index in [9.17, 15) is 4.79 Å². The van der Waals surface area contributed by atoms with E-state index in [1.54, 1.807) is 0 Å². The lowest BCUT2D eigenvalue weighted by molar-refractivity contribution is -0.135. The van der Waals surface area contributed by atoms with Crippen LogP contribution in [0.15, 0.2) is 5.38 Å². The Morgan fingerprint density at radius 3 is 2.62 bits per heavy atom. The Kier molecular flexibility index (Phi) is 4.45. The maximum Gasteiger partial charge on any atom is 0.240 e. The van der Waals surface area contributed by atoms with Gasteiger partial charge in [-0.1, -0.05) is 19.3 Å². The number of likely N-dealkylation sites (tertiary alicyclic amines) is 1. The number of aromatic nitrogens is 1. The molecule has 1 aromatic heterocycles. The highest BCUT2D eigenvalue weighted by atomic mass is 32.1. The smallest absolute Gasteiger partial charge is 0.240 e. The van der Waals surface area contributed by atoms with E-state index < -0.39 is 0 Å². The van der Waals surface area contributed by atoms with Crippen LogP contribution in [0.25, 0.3) is 0 Å². The van der Waals surface area contributed by atoms with Gasteiger partial charge in [-0.15, -0.1) is 11.3 Å². The van der Waals surface area contributed by atoms with Gasteiger partial charge in [-0.25, -0.2) is 4.98 Å². The molecule has 1 aliphatic heterocycles. The van der Waals surface area contributed by atoms with E-state index in [4.69, 9.17) is 5.73 Å². The van der Waals surface area contributed by atoms with Gasteiger partial charge in [0.2, 0.25) is 5.91 Å². The molecule has 6 heteroatoms. The molecule has 0 bridgehead atoms. The maximum atomic E-state index is 12.9. The standard InChI is InChI=1S/C15H24N4OS/c16-14-18-12(11-21-14)10-17-13(20)15(6-2-1-3-7-15)19-8-4-5-9-19/h11H,1-10H2,(H2,16,18)(H,17,20). The van der Waals surface area contributed by atoms with Gasteiger partial charge in [-0.3, -0.25) is 9.69 Å². The minimum absolute atomic E-state index is 0.190. The molecule has 0 atom stereocenters. The largest absolute Gasteiger partial charge is 0.375 e. The Balaban J connectivity index is 1.68. The predicted octanol–water partition coefficient (Wildman–Crippen LogP) is 2.14. The van der Waals surface area contributed by atoms with Crippen molar-refractivity contribution in [2.45, 2.75) is 57.0 Å². The van der Waals surface area contributed by atoms with E-state index in [-0.39, 0.29) is 11.4 Å². The van der Waals surface area contributed by atoms with E-state index in [0.717, 1.165) is 44.5 Å². The molecule has 2 heterocycles. The third-order valence-corrected chi connectivity index (χ3v) is 5.54. The fraction of sp³-hybridized carbons (Fsp3) is 0.733. The molecule has 1 saturated heterocycles. The number of nitrogens with zero attached hydrogens (tertiary/aromatic N) is 2. The van der Waals surface area contributed by atoms with E-state index in [2.05, 4.69) is 15.2 Å². The summed E-state index contributed by atoms with van der Waals surface area (Å²) in [5.74, 6) is 0.190. The van der Waals surface area contributed by atoms with E-state index in [1.807, 2.05) is 5.38 Å². The summed E-state index contributed by atoms with van der Waals surface area (Å²) in [6.45, 7) is 2.62. The number of amides is 1. The van der Waals surface area contributed by atoms with Crippen molar-refractivity contribution >= 4 is 22.4 Å². The van der Waals surface area contributed by atoms with Crippen molar-refractivity contribution in [3.8, 4) is 0 Å².